The van der Waals surface area contributed by atoms with E-state index in [9.17, 15) is 4.79 Å². The minimum atomic E-state index is -0.0225. The zero-order valence-electron chi connectivity index (χ0n) is 11.6. The Morgan fingerprint density at radius 2 is 1.95 bits per heavy atom. The smallest absolute Gasteiger partial charge is 0.255 e. The number of carbonyl (C=O) groups excluding carboxylic acids is 1. The first kappa shape index (κ1) is 13.3. The lowest BCUT2D eigenvalue weighted by atomic mass is 10.1. The van der Waals surface area contributed by atoms with Crippen LogP contribution in [0.5, 0.6) is 0 Å². The molecule has 4 heteroatoms. The van der Waals surface area contributed by atoms with Gasteiger partial charge >= 0.3 is 0 Å². The van der Waals surface area contributed by atoms with Gasteiger partial charge in [-0.25, -0.2) is 4.98 Å². The molecule has 0 saturated heterocycles. The maximum absolute atomic E-state index is 12.1. The maximum Gasteiger partial charge on any atom is 0.255 e. The Morgan fingerprint density at radius 3 is 2.58 bits per heavy atom. The summed E-state index contributed by atoms with van der Waals surface area (Å²) in [4.78, 5) is 18.1. The van der Waals surface area contributed by atoms with E-state index in [0.717, 1.165) is 29.6 Å². The molecular formula is C15H19N3O. The van der Waals surface area contributed by atoms with E-state index in [1.807, 2.05) is 24.3 Å². The number of pyridine rings is 1. The van der Waals surface area contributed by atoms with Crippen molar-refractivity contribution in [3.8, 4) is 0 Å². The van der Waals surface area contributed by atoms with Crippen molar-refractivity contribution < 1.29 is 4.79 Å². The van der Waals surface area contributed by atoms with E-state index in [0.29, 0.717) is 5.56 Å². The van der Waals surface area contributed by atoms with Crippen molar-refractivity contribution in [2.75, 3.05) is 26.0 Å². The predicted octanol–water partition coefficient (Wildman–Crippen LogP) is 2.76. The minimum absolute atomic E-state index is 0.0225. The summed E-state index contributed by atoms with van der Waals surface area (Å²) < 4.78 is 0. The Hall–Kier alpha value is -2.10. The van der Waals surface area contributed by atoms with Crippen molar-refractivity contribution in [2.24, 2.45) is 0 Å². The van der Waals surface area contributed by atoms with Crippen LogP contribution in [0.1, 0.15) is 23.7 Å². The molecule has 0 atom stereocenters. The first-order chi connectivity index (χ1) is 9.15. The maximum atomic E-state index is 12.1. The molecule has 0 fully saturated rings. The topological polar surface area (TPSA) is 45.2 Å². The van der Waals surface area contributed by atoms with Gasteiger partial charge in [0.1, 0.15) is 5.82 Å². The Kier molecular flexibility index (Phi) is 4.00. The average Bonchev–Trinajstić information content (AvgIpc) is 2.43. The zero-order chi connectivity index (χ0) is 13.8. The van der Waals surface area contributed by atoms with Crippen LogP contribution in [0.25, 0.3) is 10.8 Å². The zero-order valence-corrected chi connectivity index (χ0v) is 11.6. The standard InChI is InChI=1S/C15H19N3O/c1-4-9-16-14-12-8-6-5-7-11(12)13(10-17-14)15(19)18(2)3/h5-8,10H,4,9H2,1-3H3,(H,16,17). The summed E-state index contributed by atoms with van der Waals surface area (Å²) in [6.45, 7) is 2.98. The first-order valence-electron chi connectivity index (χ1n) is 6.48. The molecule has 0 aliphatic heterocycles. The summed E-state index contributed by atoms with van der Waals surface area (Å²) >= 11 is 0. The summed E-state index contributed by atoms with van der Waals surface area (Å²) in [6.07, 6.45) is 2.69. The van der Waals surface area contributed by atoms with Crippen LogP contribution >= 0.6 is 0 Å². The number of benzene rings is 1. The van der Waals surface area contributed by atoms with Crippen LogP contribution in [0.3, 0.4) is 0 Å². The largest absolute Gasteiger partial charge is 0.370 e. The molecule has 1 aromatic heterocycles. The molecule has 1 heterocycles. The number of fused-ring (bicyclic) bond motifs is 1. The molecule has 0 unspecified atom stereocenters. The third-order valence-corrected chi connectivity index (χ3v) is 2.97. The van der Waals surface area contributed by atoms with E-state index in [4.69, 9.17) is 0 Å². The highest BCUT2D eigenvalue weighted by atomic mass is 16.2. The third kappa shape index (κ3) is 2.67. The SMILES string of the molecule is CCCNc1ncc(C(=O)N(C)C)c2ccccc12. The van der Waals surface area contributed by atoms with Gasteiger partial charge in [-0.05, 0) is 11.8 Å². The average molecular weight is 257 g/mol. The Labute approximate surface area is 113 Å². The van der Waals surface area contributed by atoms with Gasteiger partial charge in [-0.15, -0.1) is 0 Å². The molecule has 100 valence electrons. The van der Waals surface area contributed by atoms with E-state index in [1.54, 1.807) is 25.2 Å². The minimum Gasteiger partial charge on any atom is -0.370 e. The predicted molar refractivity (Wildman–Crippen MR) is 78.5 cm³/mol. The molecule has 0 bridgehead atoms. The van der Waals surface area contributed by atoms with Crippen molar-refractivity contribution in [1.29, 1.82) is 0 Å². The highest BCUT2D eigenvalue weighted by Gasteiger charge is 2.14. The van der Waals surface area contributed by atoms with Crippen molar-refractivity contribution in [2.45, 2.75) is 13.3 Å². The number of amides is 1. The number of nitrogens with zero attached hydrogens (tertiary/aromatic N) is 2. The lowest BCUT2D eigenvalue weighted by Crippen LogP contribution is -2.22. The summed E-state index contributed by atoms with van der Waals surface area (Å²) in [7, 11) is 3.50. The second-order valence-corrected chi connectivity index (χ2v) is 4.69. The first-order valence-corrected chi connectivity index (χ1v) is 6.48. The van der Waals surface area contributed by atoms with E-state index >= 15 is 0 Å². The molecular weight excluding hydrogens is 238 g/mol. The fraction of sp³-hybridized carbons (Fsp3) is 0.333. The summed E-state index contributed by atoms with van der Waals surface area (Å²) in [6, 6.07) is 7.86. The number of hydrogen-bond acceptors (Lipinski definition) is 3. The normalized spacial score (nSPS) is 10.5. The van der Waals surface area contributed by atoms with Gasteiger partial charge in [0.2, 0.25) is 0 Å². The van der Waals surface area contributed by atoms with Crippen LogP contribution in [-0.2, 0) is 0 Å². The van der Waals surface area contributed by atoms with Gasteiger partial charge in [0.05, 0.1) is 5.56 Å². The van der Waals surface area contributed by atoms with Crippen LogP contribution in [0.4, 0.5) is 5.82 Å². The molecule has 1 N–H and O–H groups in total. The molecule has 0 radical (unpaired) electrons. The van der Waals surface area contributed by atoms with E-state index in [1.165, 1.54) is 0 Å². The Balaban J connectivity index is 2.55. The quantitative estimate of drug-likeness (QED) is 0.916. The summed E-state index contributed by atoms with van der Waals surface area (Å²) in [5, 5.41) is 5.23. The monoisotopic (exact) mass is 257 g/mol. The van der Waals surface area contributed by atoms with Crippen LogP contribution in [0.15, 0.2) is 30.5 Å². The third-order valence-electron chi connectivity index (χ3n) is 2.97. The molecule has 4 nitrogen and oxygen atoms in total. The molecule has 2 rings (SSSR count). The van der Waals surface area contributed by atoms with Gasteiger partial charge in [-0.3, -0.25) is 4.79 Å². The number of nitrogens with one attached hydrogen (secondary N) is 1. The highest BCUT2D eigenvalue weighted by molar-refractivity contribution is 6.09. The molecule has 0 spiro atoms. The molecule has 0 aliphatic carbocycles. The molecule has 1 aromatic carbocycles. The van der Waals surface area contributed by atoms with E-state index < -0.39 is 0 Å². The second kappa shape index (κ2) is 5.69. The van der Waals surface area contributed by atoms with Crippen LogP contribution < -0.4 is 5.32 Å². The Morgan fingerprint density at radius 1 is 1.26 bits per heavy atom. The molecule has 2 aromatic rings. The van der Waals surface area contributed by atoms with Gasteiger partial charge in [0.15, 0.2) is 0 Å². The van der Waals surface area contributed by atoms with Gasteiger partial charge in [-0.2, -0.15) is 0 Å². The lowest BCUT2D eigenvalue weighted by molar-refractivity contribution is 0.0829. The molecule has 0 aliphatic rings. The van der Waals surface area contributed by atoms with Gasteiger partial charge in [0.25, 0.3) is 5.91 Å². The van der Waals surface area contributed by atoms with Crippen LogP contribution in [0, 0.1) is 0 Å². The highest BCUT2D eigenvalue weighted by Crippen LogP contribution is 2.25. The summed E-state index contributed by atoms with van der Waals surface area (Å²) in [5.74, 6) is 0.818. The molecule has 1 amide bonds. The number of hydrogen-bond donors (Lipinski definition) is 1. The number of carbonyl (C=O) groups is 1. The molecule has 0 saturated carbocycles. The fourth-order valence-electron chi connectivity index (χ4n) is 1.99. The second-order valence-electron chi connectivity index (χ2n) is 4.69. The lowest BCUT2D eigenvalue weighted by Gasteiger charge is -2.14. The van der Waals surface area contributed by atoms with Gasteiger partial charge in [0, 0.05) is 32.2 Å². The van der Waals surface area contributed by atoms with Crippen molar-refractivity contribution in [3.63, 3.8) is 0 Å². The molecule has 19 heavy (non-hydrogen) atoms. The summed E-state index contributed by atoms with van der Waals surface area (Å²) in [5.41, 5.74) is 0.641. The fourth-order valence-corrected chi connectivity index (χ4v) is 1.99. The van der Waals surface area contributed by atoms with E-state index in [2.05, 4.69) is 17.2 Å². The Bertz CT molecular complexity index is 593. The number of aromatic nitrogens is 1. The number of anilines is 1. The van der Waals surface area contributed by atoms with Crippen LogP contribution in [-0.4, -0.2) is 36.4 Å². The van der Waals surface area contributed by atoms with Crippen LogP contribution in [0.2, 0.25) is 0 Å². The van der Waals surface area contributed by atoms with Gasteiger partial charge < -0.3 is 10.2 Å². The van der Waals surface area contributed by atoms with Crippen molar-refractivity contribution >= 4 is 22.5 Å². The number of rotatable bonds is 4. The van der Waals surface area contributed by atoms with E-state index in [-0.39, 0.29) is 5.91 Å². The van der Waals surface area contributed by atoms with Crippen molar-refractivity contribution in [3.05, 3.63) is 36.0 Å². The van der Waals surface area contributed by atoms with Gasteiger partial charge in [-0.1, -0.05) is 31.2 Å². The van der Waals surface area contributed by atoms with Crippen molar-refractivity contribution in [1.82, 2.24) is 9.88 Å².